The Morgan fingerprint density at radius 1 is 1.22 bits per heavy atom. The van der Waals surface area contributed by atoms with Gasteiger partial charge in [0, 0.05) is 5.02 Å². The summed E-state index contributed by atoms with van der Waals surface area (Å²) in [7, 11) is 0. The third kappa shape index (κ3) is 2.44. The smallest absolute Gasteiger partial charge is 0.149 e. The molecule has 2 aromatic rings. The lowest BCUT2D eigenvalue weighted by Crippen LogP contribution is -1.97. The third-order valence-corrected chi connectivity index (χ3v) is 2.80. The van der Waals surface area contributed by atoms with Crippen molar-refractivity contribution in [1.82, 2.24) is 0 Å². The molecule has 0 saturated carbocycles. The van der Waals surface area contributed by atoms with Crippen molar-refractivity contribution in [3.8, 4) is 6.07 Å². The average molecular weight is 261 g/mol. The van der Waals surface area contributed by atoms with Gasteiger partial charge in [0.05, 0.1) is 16.9 Å². The summed E-state index contributed by atoms with van der Waals surface area (Å²) in [5.74, 6) is -0.323. The zero-order valence-corrected chi connectivity index (χ0v) is 10.4. The highest BCUT2D eigenvalue weighted by molar-refractivity contribution is 6.30. The van der Waals surface area contributed by atoms with E-state index >= 15 is 0 Å². The molecule has 0 saturated heterocycles. The van der Waals surface area contributed by atoms with Gasteiger partial charge in [0.25, 0.3) is 0 Å². The van der Waals surface area contributed by atoms with Crippen molar-refractivity contribution in [2.45, 2.75) is 6.92 Å². The molecule has 2 aromatic carbocycles. The van der Waals surface area contributed by atoms with Crippen molar-refractivity contribution >= 4 is 23.0 Å². The first-order valence-electron chi connectivity index (χ1n) is 5.33. The number of hydrogen-bond acceptors (Lipinski definition) is 2. The molecule has 0 unspecified atom stereocenters. The van der Waals surface area contributed by atoms with Crippen LogP contribution in [0.1, 0.15) is 11.1 Å². The van der Waals surface area contributed by atoms with Crippen LogP contribution in [-0.2, 0) is 0 Å². The maximum absolute atomic E-state index is 13.8. The van der Waals surface area contributed by atoms with Crippen LogP contribution >= 0.6 is 11.6 Å². The number of nitriles is 1. The van der Waals surface area contributed by atoms with Crippen LogP contribution < -0.4 is 5.32 Å². The van der Waals surface area contributed by atoms with Crippen molar-refractivity contribution in [1.29, 1.82) is 5.26 Å². The number of nitrogens with one attached hydrogen (secondary N) is 1. The van der Waals surface area contributed by atoms with Gasteiger partial charge in [-0.25, -0.2) is 4.39 Å². The van der Waals surface area contributed by atoms with Crippen LogP contribution in [0.2, 0.25) is 5.02 Å². The number of aryl methyl sites for hydroxylation is 1. The molecular formula is C14H10ClFN2. The fourth-order valence-electron chi connectivity index (χ4n) is 1.61. The summed E-state index contributed by atoms with van der Waals surface area (Å²) in [4.78, 5) is 0. The van der Waals surface area contributed by atoms with E-state index in [-0.39, 0.29) is 5.82 Å². The van der Waals surface area contributed by atoms with E-state index in [2.05, 4.69) is 5.32 Å². The lowest BCUT2D eigenvalue weighted by atomic mass is 10.1. The molecule has 0 bridgehead atoms. The van der Waals surface area contributed by atoms with E-state index in [1.165, 1.54) is 6.07 Å². The molecule has 0 fully saturated rings. The van der Waals surface area contributed by atoms with E-state index in [9.17, 15) is 4.39 Å². The predicted octanol–water partition coefficient (Wildman–Crippen LogP) is 4.40. The molecule has 0 radical (unpaired) electrons. The Hall–Kier alpha value is -2.05. The second-order valence-electron chi connectivity index (χ2n) is 3.86. The van der Waals surface area contributed by atoms with Gasteiger partial charge >= 0.3 is 0 Å². The minimum absolute atomic E-state index is 0.323. The summed E-state index contributed by atoms with van der Waals surface area (Å²) in [6.07, 6.45) is 0. The van der Waals surface area contributed by atoms with Crippen molar-refractivity contribution in [3.63, 3.8) is 0 Å². The van der Waals surface area contributed by atoms with Gasteiger partial charge in [0.2, 0.25) is 0 Å². The molecule has 0 aliphatic heterocycles. The second kappa shape index (κ2) is 5.07. The van der Waals surface area contributed by atoms with E-state index in [0.717, 1.165) is 0 Å². The van der Waals surface area contributed by atoms with Crippen LogP contribution in [-0.4, -0.2) is 0 Å². The molecule has 4 heteroatoms. The van der Waals surface area contributed by atoms with Crippen molar-refractivity contribution in [2.75, 3.05) is 5.32 Å². The van der Waals surface area contributed by atoms with E-state index in [1.54, 1.807) is 37.3 Å². The third-order valence-electron chi connectivity index (χ3n) is 2.56. The predicted molar refractivity (Wildman–Crippen MR) is 70.6 cm³/mol. The van der Waals surface area contributed by atoms with E-state index in [1.807, 2.05) is 6.07 Å². The summed E-state index contributed by atoms with van der Waals surface area (Å²) < 4.78 is 13.8. The molecule has 0 aliphatic rings. The summed E-state index contributed by atoms with van der Waals surface area (Å²) in [5.41, 5.74) is 1.80. The Kier molecular flexibility index (Phi) is 3.50. The highest BCUT2D eigenvalue weighted by Gasteiger charge is 2.08. The average Bonchev–Trinajstić information content (AvgIpc) is 2.37. The molecule has 90 valence electrons. The molecule has 1 N–H and O–H groups in total. The Morgan fingerprint density at radius 2 is 2.00 bits per heavy atom. The van der Waals surface area contributed by atoms with Gasteiger partial charge in [-0.3, -0.25) is 0 Å². The zero-order chi connectivity index (χ0) is 13.1. The van der Waals surface area contributed by atoms with Crippen molar-refractivity contribution < 1.29 is 4.39 Å². The van der Waals surface area contributed by atoms with Crippen molar-refractivity contribution in [3.05, 3.63) is 58.4 Å². The second-order valence-corrected chi connectivity index (χ2v) is 4.30. The van der Waals surface area contributed by atoms with Gasteiger partial charge in [-0.15, -0.1) is 0 Å². The summed E-state index contributed by atoms with van der Waals surface area (Å²) in [5, 5.41) is 12.4. The van der Waals surface area contributed by atoms with Crippen LogP contribution in [0.4, 0.5) is 15.8 Å². The van der Waals surface area contributed by atoms with E-state index in [4.69, 9.17) is 16.9 Å². The largest absolute Gasteiger partial charge is 0.352 e. The molecule has 0 amide bonds. The molecule has 18 heavy (non-hydrogen) atoms. The Labute approximate surface area is 110 Å². The number of nitrogens with zero attached hydrogens (tertiary/aromatic N) is 1. The van der Waals surface area contributed by atoms with Crippen LogP contribution in [0.3, 0.4) is 0 Å². The highest BCUT2D eigenvalue weighted by atomic mass is 35.5. The number of rotatable bonds is 2. The monoisotopic (exact) mass is 260 g/mol. The lowest BCUT2D eigenvalue weighted by Gasteiger charge is -2.10. The van der Waals surface area contributed by atoms with Gasteiger partial charge < -0.3 is 5.32 Å². The van der Waals surface area contributed by atoms with Crippen LogP contribution in [0, 0.1) is 24.1 Å². The standard InChI is InChI=1S/C14H10ClFN2/c1-9-3-2-4-13(14(9)16)18-12-6-5-11(15)7-10(12)8-17/h2-7,18H,1H3. The Morgan fingerprint density at radius 3 is 2.72 bits per heavy atom. The summed E-state index contributed by atoms with van der Waals surface area (Å²) in [6.45, 7) is 1.69. The minimum atomic E-state index is -0.323. The van der Waals surface area contributed by atoms with Crippen LogP contribution in [0.15, 0.2) is 36.4 Å². The molecule has 2 rings (SSSR count). The summed E-state index contributed by atoms with van der Waals surface area (Å²) >= 11 is 5.80. The fraction of sp³-hybridized carbons (Fsp3) is 0.0714. The number of hydrogen-bond donors (Lipinski definition) is 1. The van der Waals surface area contributed by atoms with Gasteiger partial charge in [-0.05, 0) is 36.8 Å². The zero-order valence-electron chi connectivity index (χ0n) is 9.67. The van der Waals surface area contributed by atoms with Gasteiger partial charge in [0.15, 0.2) is 0 Å². The first-order valence-corrected chi connectivity index (χ1v) is 5.71. The first kappa shape index (κ1) is 12.4. The molecule has 0 aromatic heterocycles. The van der Waals surface area contributed by atoms with E-state index < -0.39 is 0 Å². The maximum Gasteiger partial charge on any atom is 0.149 e. The van der Waals surface area contributed by atoms with Gasteiger partial charge in [-0.1, -0.05) is 23.7 Å². The van der Waals surface area contributed by atoms with E-state index in [0.29, 0.717) is 27.5 Å². The maximum atomic E-state index is 13.8. The van der Waals surface area contributed by atoms with Gasteiger partial charge in [-0.2, -0.15) is 5.26 Å². The number of anilines is 2. The first-order chi connectivity index (χ1) is 8.61. The Balaban J connectivity index is 2.41. The topological polar surface area (TPSA) is 35.8 Å². The number of halogens is 2. The minimum Gasteiger partial charge on any atom is -0.352 e. The van der Waals surface area contributed by atoms with Crippen LogP contribution in [0.5, 0.6) is 0 Å². The molecule has 0 atom stereocenters. The number of benzene rings is 2. The molecule has 2 nitrogen and oxygen atoms in total. The quantitative estimate of drug-likeness (QED) is 0.869. The Bertz CT molecular complexity index is 632. The normalized spacial score (nSPS) is 9.89. The molecule has 0 heterocycles. The fourth-order valence-corrected chi connectivity index (χ4v) is 1.78. The molecule has 0 aliphatic carbocycles. The lowest BCUT2D eigenvalue weighted by molar-refractivity contribution is 0.622. The van der Waals surface area contributed by atoms with Gasteiger partial charge in [0.1, 0.15) is 11.9 Å². The van der Waals surface area contributed by atoms with Crippen molar-refractivity contribution in [2.24, 2.45) is 0 Å². The molecular weight excluding hydrogens is 251 g/mol. The van der Waals surface area contributed by atoms with Crippen LogP contribution in [0.25, 0.3) is 0 Å². The SMILES string of the molecule is Cc1cccc(Nc2ccc(Cl)cc2C#N)c1F. The highest BCUT2D eigenvalue weighted by Crippen LogP contribution is 2.26. The summed E-state index contributed by atoms with van der Waals surface area (Å²) in [6, 6.07) is 11.9. The molecule has 0 spiro atoms.